The van der Waals surface area contributed by atoms with Crippen molar-refractivity contribution in [1.82, 2.24) is 0 Å². The van der Waals surface area contributed by atoms with Crippen molar-refractivity contribution in [2.24, 2.45) is 0 Å². The summed E-state index contributed by atoms with van der Waals surface area (Å²) in [5.74, 6) is 0.113. The second-order valence-corrected chi connectivity index (χ2v) is 5.18. The van der Waals surface area contributed by atoms with Crippen LogP contribution in [0.25, 0.3) is 0 Å². The van der Waals surface area contributed by atoms with Gasteiger partial charge in [-0.15, -0.1) is 0 Å². The Morgan fingerprint density at radius 1 is 1.31 bits per heavy atom. The van der Waals surface area contributed by atoms with Gasteiger partial charge in [-0.25, -0.2) is 4.79 Å². The summed E-state index contributed by atoms with van der Waals surface area (Å²) < 4.78 is 11.2. The minimum Gasteiger partial charge on any atom is -0.495 e. The average Bonchev–Trinajstić information content (AvgIpc) is 2.14. The van der Waals surface area contributed by atoms with Gasteiger partial charge in [-0.1, -0.05) is 6.07 Å². The van der Waals surface area contributed by atoms with E-state index in [1.807, 2.05) is 26.8 Å². The molecule has 0 atom stereocenters. The summed E-state index contributed by atoms with van der Waals surface area (Å²) in [4.78, 5) is 11.9. The van der Waals surface area contributed by atoms with Crippen molar-refractivity contribution in [3.05, 3.63) is 28.2 Å². The minimum absolute atomic E-state index is 0.384. The van der Waals surface area contributed by atoms with Crippen molar-refractivity contribution in [3.63, 3.8) is 0 Å². The Morgan fingerprint density at radius 2 is 1.94 bits per heavy atom. The molecular weight excluding hydrogens is 272 g/mol. The first kappa shape index (κ1) is 13.0. The Kier molecular flexibility index (Phi) is 3.97. The molecule has 3 nitrogen and oxygen atoms in total. The van der Waals surface area contributed by atoms with Crippen LogP contribution in [0.15, 0.2) is 22.7 Å². The first-order valence-electron chi connectivity index (χ1n) is 4.91. The van der Waals surface area contributed by atoms with Crippen molar-refractivity contribution in [3.8, 4) is 5.75 Å². The summed E-state index contributed by atoms with van der Waals surface area (Å²) in [5.41, 5.74) is -0.0865. The standard InChI is InChI=1S/C12H15BrO3/c1-12(2,3)16-11(14)8-6-5-7-9(13)10(8)15-4/h5-7H,1-4H3. The zero-order chi connectivity index (χ0) is 12.3. The molecule has 0 heterocycles. The van der Waals surface area contributed by atoms with Crippen LogP contribution < -0.4 is 4.74 Å². The maximum Gasteiger partial charge on any atom is 0.342 e. The van der Waals surface area contributed by atoms with Crippen LogP contribution in [0.3, 0.4) is 0 Å². The van der Waals surface area contributed by atoms with Gasteiger partial charge in [0, 0.05) is 0 Å². The summed E-state index contributed by atoms with van der Waals surface area (Å²) in [6.45, 7) is 5.49. The number of hydrogen-bond acceptors (Lipinski definition) is 3. The molecule has 0 unspecified atom stereocenters. The number of rotatable bonds is 2. The molecule has 0 aliphatic rings. The van der Waals surface area contributed by atoms with Crippen LogP contribution in [-0.2, 0) is 4.74 Å². The van der Waals surface area contributed by atoms with E-state index in [0.717, 1.165) is 4.47 Å². The number of carbonyl (C=O) groups is 1. The molecule has 1 rings (SSSR count). The van der Waals surface area contributed by atoms with Crippen LogP contribution in [0.2, 0.25) is 0 Å². The number of esters is 1. The van der Waals surface area contributed by atoms with Crippen molar-refractivity contribution >= 4 is 21.9 Å². The predicted molar refractivity (Wildman–Crippen MR) is 65.9 cm³/mol. The lowest BCUT2D eigenvalue weighted by atomic mass is 10.1. The highest BCUT2D eigenvalue weighted by Gasteiger charge is 2.21. The van der Waals surface area contributed by atoms with Gasteiger partial charge in [0.2, 0.25) is 0 Å². The van der Waals surface area contributed by atoms with E-state index >= 15 is 0 Å². The largest absolute Gasteiger partial charge is 0.495 e. The second-order valence-electron chi connectivity index (χ2n) is 4.32. The van der Waals surface area contributed by atoms with Gasteiger partial charge in [-0.2, -0.15) is 0 Å². The van der Waals surface area contributed by atoms with Crippen LogP contribution in [0, 0.1) is 0 Å². The van der Waals surface area contributed by atoms with Gasteiger partial charge in [0.25, 0.3) is 0 Å². The summed E-state index contributed by atoms with van der Waals surface area (Å²) >= 11 is 3.32. The molecule has 0 saturated heterocycles. The molecule has 1 aromatic rings. The van der Waals surface area contributed by atoms with Crippen LogP contribution >= 0.6 is 15.9 Å². The Labute approximate surface area is 104 Å². The molecule has 0 fully saturated rings. The number of ether oxygens (including phenoxy) is 2. The zero-order valence-corrected chi connectivity index (χ0v) is 11.4. The number of hydrogen-bond donors (Lipinski definition) is 0. The van der Waals surface area contributed by atoms with Crippen LogP contribution in [-0.4, -0.2) is 18.7 Å². The molecule has 0 aromatic heterocycles. The van der Waals surface area contributed by atoms with E-state index in [1.54, 1.807) is 12.1 Å². The number of methoxy groups -OCH3 is 1. The van der Waals surface area contributed by atoms with Crippen LogP contribution in [0.5, 0.6) is 5.75 Å². The first-order chi connectivity index (χ1) is 7.35. The number of halogens is 1. The highest BCUT2D eigenvalue weighted by atomic mass is 79.9. The predicted octanol–water partition coefficient (Wildman–Crippen LogP) is 3.41. The maximum atomic E-state index is 11.9. The Balaban J connectivity index is 3.04. The van der Waals surface area contributed by atoms with Gasteiger partial charge in [-0.05, 0) is 48.8 Å². The Bertz CT molecular complexity index is 394. The number of benzene rings is 1. The average molecular weight is 287 g/mol. The highest BCUT2D eigenvalue weighted by molar-refractivity contribution is 9.10. The van der Waals surface area contributed by atoms with E-state index in [0.29, 0.717) is 11.3 Å². The monoisotopic (exact) mass is 286 g/mol. The van der Waals surface area contributed by atoms with E-state index in [9.17, 15) is 4.79 Å². The van der Waals surface area contributed by atoms with Gasteiger partial charge >= 0.3 is 5.97 Å². The zero-order valence-electron chi connectivity index (χ0n) is 9.83. The fourth-order valence-electron chi connectivity index (χ4n) is 1.21. The summed E-state index contributed by atoms with van der Waals surface area (Å²) in [6.07, 6.45) is 0. The molecule has 0 aliphatic carbocycles. The van der Waals surface area contributed by atoms with Crippen molar-refractivity contribution in [2.75, 3.05) is 7.11 Å². The van der Waals surface area contributed by atoms with Crippen molar-refractivity contribution in [1.29, 1.82) is 0 Å². The molecule has 0 radical (unpaired) electrons. The van der Waals surface area contributed by atoms with E-state index < -0.39 is 5.60 Å². The molecule has 88 valence electrons. The van der Waals surface area contributed by atoms with E-state index in [1.165, 1.54) is 7.11 Å². The minimum atomic E-state index is -0.510. The molecule has 0 N–H and O–H groups in total. The van der Waals surface area contributed by atoms with E-state index in [2.05, 4.69) is 15.9 Å². The SMILES string of the molecule is COc1c(Br)cccc1C(=O)OC(C)(C)C. The quantitative estimate of drug-likeness (QED) is 0.782. The lowest BCUT2D eigenvalue weighted by molar-refractivity contribution is 0.00664. The lowest BCUT2D eigenvalue weighted by Crippen LogP contribution is -2.24. The van der Waals surface area contributed by atoms with Gasteiger partial charge in [-0.3, -0.25) is 0 Å². The molecule has 4 heteroatoms. The van der Waals surface area contributed by atoms with Gasteiger partial charge in [0.05, 0.1) is 11.6 Å². The Morgan fingerprint density at radius 3 is 2.44 bits per heavy atom. The molecule has 1 aromatic carbocycles. The number of carbonyl (C=O) groups excluding carboxylic acids is 1. The molecule has 0 aliphatic heterocycles. The molecule has 0 saturated carbocycles. The van der Waals surface area contributed by atoms with Crippen LogP contribution in [0.4, 0.5) is 0 Å². The third-order valence-electron chi connectivity index (χ3n) is 1.79. The fourth-order valence-corrected chi connectivity index (χ4v) is 1.74. The Hall–Kier alpha value is -1.03. The van der Waals surface area contributed by atoms with Crippen molar-refractivity contribution in [2.45, 2.75) is 26.4 Å². The topological polar surface area (TPSA) is 35.5 Å². The summed E-state index contributed by atoms with van der Waals surface area (Å²) in [5, 5.41) is 0. The highest BCUT2D eigenvalue weighted by Crippen LogP contribution is 2.29. The van der Waals surface area contributed by atoms with Gasteiger partial charge in [0.1, 0.15) is 16.9 Å². The second kappa shape index (κ2) is 4.87. The van der Waals surface area contributed by atoms with E-state index in [-0.39, 0.29) is 5.97 Å². The fraction of sp³-hybridized carbons (Fsp3) is 0.417. The summed E-state index contributed by atoms with van der Waals surface area (Å²) in [7, 11) is 1.52. The number of para-hydroxylation sites is 1. The molecule has 16 heavy (non-hydrogen) atoms. The third-order valence-corrected chi connectivity index (χ3v) is 2.41. The third kappa shape index (κ3) is 3.23. The normalized spacial score (nSPS) is 11.1. The molecule has 0 amide bonds. The van der Waals surface area contributed by atoms with Gasteiger partial charge in [0.15, 0.2) is 0 Å². The first-order valence-corrected chi connectivity index (χ1v) is 5.70. The molecule has 0 spiro atoms. The summed E-state index contributed by atoms with van der Waals surface area (Å²) in [6, 6.07) is 5.26. The van der Waals surface area contributed by atoms with E-state index in [4.69, 9.17) is 9.47 Å². The smallest absolute Gasteiger partial charge is 0.342 e. The van der Waals surface area contributed by atoms with Crippen molar-refractivity contribution < 1.29 is 14.3 Å². The van der Waals surface area contributed by atoms with Gasteiger partial charge < -0.3 is 9.47 Å². The lowest BCUT2D eigenvalue weighted by Gasteiger charge is -2.20. The van der Waals surface area contributed by atoms with Crippen LogP contribution in [0.1, 0.15) is 31.1 Å². The maximum absolute atomic E-state index is 11.9. The molecule has 0 bridgehead atoms. The molecular formula is C12H15BrO3.